The van der Waals surface area contributed by atoms with Crippen molar-refractivity contribution >= 4 is 0 Å². The average molecular weight is 236 g/mol. The number of aromatic nitrogens is 1. The van der Waals surface area contributed by atoms with Crippen molar-refractivity contribution in [1.82, 2.24) is 4.98 Å². The van der Waals surface area contributed by atoms with Crippen molar-refractivity contribution in [3.8, 4) is 5.75 Å². The normalized spacial score (nSPS) is 12.9. The van der Waals surface area contributed by atoms with Gasteiger partial charge in [-0.15, -0.1) is 0 Å². The summed E-state index contributed by atoms with van der Waals surface area (Å²) in [6, 6.07) is 0.175. The minimum atomic E-state index is 0.175. The zero-order valence-corrected chi connectivity index (χ0v) is 11.6. The Morgan fingerprint density at radius 2 is 2.00 bits per heavy atom. The molecule has 0 bridgehead atoms. The molecule has 1 aromatic heterocycles. The minimum absolute atomic E-state index is 0.175. The molecule has 3 nitrogen and oxygen atoms in total. The molecule has 17 heavy (non-hydrogen) atoms. The molecule has 3 heteroatoms. The topological polar surface area (TPSA) is 48.1 Å². The summed E-state index contributed by atoms with van der Waals surface area (Å²) in [5.74, 6) is 1.56. The summed E-state index contributed by atoms with van der Waals surface area (Å²) in [6.45, 7) is 8.44. The van der Waals surface area contributed by atoms with Gasteiger partial charge in [0.05, 0.1) is 7.11 Å². The fraction of sp³-hybridized carbons (Fsp3) is 0.643. The minimum Gasteiger partial charge on any atom is -0.496 e. The Balaban J connectivity index is 2.85. The number of nitrogens with two attached hydrogens (primary N) is 1. The molecule has 0 aliphatic rings. The van der Waals surface area contributed by atoms with Crippen LogP contribution in [0, 0.1) is 19.8 Å². The standard InChI is InChI=1S/C14H24N2O/c1-9(2)6-12(15)7-13-11(4)14(17-5)10(3)8-16-13/h8-9,12H,6-7,15H2,1-5H3. The summed E-state index contributed by atoms with van der Waals surface area (Å²) < 4.78 is 5.40. The highest BCUT2D eigenvalue weighted by atomic mass is 16.5. The van der Waals surface area contributed by atoms with Gasteiger partial charge in [-0.1, -0.05) is 13.8 Å². The van der Waals surface area contributed by atoms with Crippen LogP contribution in [-0.4, -0.2) is 18.1 Å². The number of nitrogens with zero attached hydrogens (tertiary/aromatic N) is 1. The monoisotopic (exact) mass is 236 g/mol. The van der Waals surface area contributed by atoms with E-state index in [1.165, 1.54) is 0 Å². The number of hydrogen-bond donors (Lipinski definition) is 1. The van der Waals surface area contributed by atoms with Gasteiger partial charge in [0.25, 0.3) is 0 Å². The van der Waals surface area contributed by atoms with Gasteiger partial charge in [-0.2, -0.15) is 0 Å². The van der Waals surface area contributed by atoms with Crippen LogP contribution >= 0.6 is 0 Å². The van der Waals surface area contributed by atoms with Gasteiger partial charge in [0.2, 0.25) is 0 Å². The van der Waals surface area contributed by atoms with Crippen molar-refractivity contribution in [3.05, 3.63) is 23.0 Å². The second-order valence-corrected chi connectivity index (χ2v) is 5.14. The van der Waals surface area contributed by atoms with Gasteiger partial charge in [0.15, 0.2) is 0 Å². The third kappa shape index (κ3) is 3.70. The summed E-state index contributed by atoms with van der Waals surface area (Å²) in [4.78, 5) is 4.47. The molecule has 0 radical (unpaired) electrons. The second-order valence-electron chi connectivity index (χ2n) is 5.14. The van der Waals surface area contributed by atoms with Crippen molar-refractivity contribution in [2.24, 2.45) is 11.7 Å². The first kappa shape index (κ1) is 14.0. The molecule has 1 heterocycles. The Hall–Kier alpha value is -1.09. The SMILES string of the molecule is COc1c(C)cnc(CC(N)CC(C)C)c1C. The number of methoxy groups -OCH3 is 1. The van der Waals surface area contributed by atoms with Gasteiger partial charge in [-0.05, 0) is 26.2 Å². The lowest BCUT2D eigenvalue weighted by Gasteiger charge is -2.17. The van der Waals surface area contributed by atoms with Gasteiger partial charge >= 0.3 is 0 Å². The third-order valence-electron chi connectivity index (χ3n) is 2.98. The maximum atomic E-state index is 6.12. The van der Waals surface area contributed by atoms with E-state index >= 15 is 0 Å². The Labute approximate surface area is 104 Å². The highest BCUT2D eigenvalue weighted by Gasteiger charge is 2.13. The van der Waals surface area contributed by atoms with Crippen molar-refractivity contribution in [2.75, 3.05) is 7.11 Å². The molecule has 0 aliphatic heterocycles. The maximum absolute atomic E-state index is 6.12. The predicted molar refractivity (Wildman–Crippen MR) is 71.4 cm³/mol. The summed E-state index contributed by atoms with van der Waals surface area (Å²) in [5.41, 5.74) is 9.37. The molecule has 0 aromatic carbocycles. The molecular weight excluding hydrogens is 212 g/mol. The van der Waals surface area contributed by atoms with Crippen molar-refractivity contribution in [3.63, 3.8) is 0 Å². The molecule has 1 aromatic rings. The van der Waals surface area contributed by atoms with Gasteiger partial charge in [0.1, 0.15) is 5.75 Å². The molecule has 0 aliphatic carbocycles. The quantitative estimate of drug-likeness (QED) is 0.855. The van der Waals surface area contributed by atoms with Crippen molar-refractivity contribution in [1.29, 1.82) is 0 Å². The summed E-state index contributed by atoms with van der Waals surface area (Å²) in [5, 5.41) is 0. The first-order valence-corrected chi connectivity index (χ1v) is 6.20. The van der Waals surface area contributed by atoms with Crippen LogP contribution in [0.3, 0.4) is 0 Å². The molecule has 0 fully saturated rings. The first-order chi connectivity index (χ1) is 7.95. The molecular formula is C14H24N2O. The molecule has 1 rings (SSSR count). The lowest BCUT2D eigenvalue weighted by molar-refractivity contribution is 0.406. The number of aryl methyl sites for hydroxylation is 1. The Bertz CT molecular complexity index is 375. The van der Waals surface area contributed by atoms with Gasteiger partial charge in [-0.3, -0.25) is 4.98 Å². The zero-order valence-electron chi connectivity index (χ0n) is 11.6. The number of pyridine rings is 1. The van der Waals surface area contributed by atoms with Crippen LogP contribution in [0.25, 0.3) is 0 Å². The van der Waals surface area contributed by atoms with E-state index in [-0.39, 0.29) is 6.04 Å². The molecule has 0 amide bonds. The van der Waals surface area contributed by atoms with Crippen LogP contribution in [0.5, 0.6) is 5.75 Å². The summed E-state index contributed by atoms with van der Waals surface area (Å²) in [7, 11) is 1.70. The van der Waals surface area contributed by atoms with E-state index in [0.717, 1.165) is 35.4 Å². The number of rotatable bonds is 5. The highest BCUT2D eigenvalue weighted by molar-refractivity contribution is 5.41. The van der Waals surface area contributed by atoms with E-state index in [2.05, 4.69) is 25.8 Å². The highest BCUT2D eigenvalue weighted by Crippen LogP contribution is 2.24. The largest absolute Gasteiger partial charge is 0.496 e. The first-order valence-electron chi connectivity index (χ1n) is 6.20. The average Bonchev–Trinajstić information content (AvgIpc) is 2.22. The van der Waals surface area contributed by atoms with Crippen LogP contribution in [0.4, 0.5) is 0 Å². The smallest absolute Gasteiger partial charge is 0.128 e. The Morgan fingerprint density at radius 1 is 1.35 bits per heavy atom. The van der Waals surface area contributed by atoms with E-state index in [1.54, 1.807) is 7.11 Å². The number of ether oxygens (including phenoxy) is 1. The molecule has 2 N–H and O–H groups in total. The van der Waals surface area contributed by atoms with Gasteiger partial charge in [0, 0.05) is 35.5 Å². The van der Waals surface area contributed by atoms with E-state index < -0.39 is 0 Å². The van der Waals surface area contributed by atoms with Crippen LogP contribution in [0.2, 0.25) is 0 Å². The summed E-state index contributed by atoms with van der Waals surface area (Å²) >= 11 is 0. The van der Waals surface area contributed by atoms with Crippen LogP contribution in [0.1, 0.15) is 37.1 Å². The van der Waals surface area contributed by atoms with E-state index in [9.17, 15) is 0 Å². The molecule has 1 atom stereocenters. The fourth-order valence-electron chi connectivity index (χ4n) is 2.21. The van der Waals surface area contributed by atoms with Crippen LogP contribution in [-0.2, 0) is 6.42 Å². The van der Waals surface area contributed by atoms with Gasteiger partial charge < -0.3 is 10.5 Å². The fourth-order valence-corrected chi connectivity index (χ4v) is 2.21. The van der Waals surface area contributed by atoms with E-state index in [0.29, 0.717) is 5.92 Å². The number of hydrogen-bond acceptors (Lipinski definition) is 3. The second kappa shape index (κ2) is 6.01. The molecule has 96 valence electrons. The van der Waals surface area contributed by atoms with E-state index in [4.69, 9.17) is 10.5 Å². The predicted octanol–water partition coefficient (Wildman–Crippen LogP) is 2.62. The lowest BCUT2D eigenvalue weighted by atomic mass is 9.98. The van der Waals surface area contributed by atoms with Crippen molar-refractivity contribution < 1.29 is 4.74 Å². The Morgan fingerprint density at radius 3 is 2.53 bits per heavy atom. The van der Waals surface area contributed by atoms with Crippen molar-refractivity contribution in [2.45, 2.75) is 46.6 Å². The lowest BCUT2D eigenvalue weighted by Crippen LogP contribution is -2.25. The molecule has 0 saturated carbocycles. The van der Waals surface area contributed by atoms with Crippen LogP contribution in [0.15, 0.2) is 6.20 Å². The zero-order chi connectivity index (χ0) is 13.0. The van der Waals surface area contributed by atoms with E-state index in [1.807, 2.05) is 13.1 Å². The maximum Gasteiger partial charge on any atom is 0.128 e. The summed E-state index contributed by atoms with van der Waals surface area (Å²) in [6.07, 6.45) is 3.71. The van der Waals surface area contributed by atoms with Crippen LogP contribution < -0.4 is 10.5 Å². The molecule has 1 unspecified atom stereocenters. The van der Waals surface area contributed by atoms with Gasteiger partial charge in [-0.25, -0.2) is 0 Å². The third-order valence-corrected chi connectivity index (χ3v) is 2.98. The molecule has 0 saturated heterocycles. The molecule has 0 spiro atoms. The Kier molecular flexibility index (Phi) is 4.94.